The lowest BCUT2D eigenvalue weighted by atomic mass is 10.4. The van der Waals surface area contributed by atoms with E-state index in [2.05, 4.69) is 14.8 Å². The Morgan fingerprint density at radius 3 is 2.41 bits per heavy atom. The summed E-state index contributed by atoms with van der Waals surface area (Å²) in [5, 5.41) is 10.7. The van der Waals surface area contributed by atoms with Gasteiger partial charge in [0.2, 0.25) is 15.9 Å². The van der Waals surface area contributed by atoms with Gasteiger partial charge in [-0.2, -0.15) is 0 Å². The van der Waals surface area contributed by atoms with Crippen LogP contribution in [0.3, 0.4) is 0 Å². The molecule has 9 heteroatoms. The Kier molecular flexibility index (Phi) is 7.42. The first-order valence-electron chi connectivity index (χ1n) is 4.82. The molecule has 3 N–H and O–H groups in total. The smallest absolute Gasteiger partial charge is 0.329 e. The Morgan fingerprint density at radius 1 is 1.24 bits per heavy atom. The van der Waals surface area contributed by atoms with E-state index in [0.29, 0.717) is 6.42 Å². The van der Waals surface area contributed by atoms with Crippen molar-refractivity contribution in [1.82, 2.24) is 10.0 Å². The van der Waals surface area contributed by atoms with Gasteiger partial charge in [-0.1, -0.05) is 0 Å². The van der Waals surface area contributed by atoms with Crippen LogP contribution in [-0.2, 0) is 24.3 Å². The van der Waals surface area contributed by atoms with Gasteiger partial charge in [0.05, 0.1) is 6.26 Å². The number of nitrogens with one attached hydrogen (secondary N) is 2. The van der Waals surface area contributed by atoms with Crippen LogP contribution in [-0.4, -0.2) is 58.0 Å². The zero-order valence-corrected chi connectivity index (χ0v) is 10.2. The molecule has 0 atom stereocenters. The molecule has 0 unspecified atom stereocenters. The van der Waals surface area contributed by atoms with E-state index in [0.717, 1.165) is 6.26 Å². The van der Waals surface area contributed by atoms with Crippen LogP contribution in [0, 0.1) is 0 Å². The van der Waals surface area contributed by atoms with Crippen molar-refractivity contribution in [3.8, 4) is 0 Å². The molecule has 0 radical (unpaired) electrons. The number of carboxylic acids is 1. The van der Waals surface area contributed by atoms with E-state index in [-0.39, 0.29) is 19.7 Å². The molecule has 0 aromatic rings. The summed E-state index contributed by atoms with van der Waals surface area (Å²) in [5.41, 5.74) is 0. The maximum Gasteiger partial charge on any atom is 0.329 e. The third-order valence-electron chi connectivity index (χ3n) is 1.50. The Labute approximate surface area is 99.4 Å². The van der Waals surface area contributed by atoms with Gasteiger partial charge in [0.15, 0.2) is 0 Å². The number of hydrogen-bond acceptors (Lipinski definition) is 5. The van der Waals surface area contributed by atoms with E-state index in [1.807, 2.05) is 0 Å². The average molecular weight is 268 g/mol. The van der Waals surface area contributed by atoms with Crippen molar-refractivity contribution >= 4 is 21.9 Å². The largest absolute Gasteiger partial charge is 0.480 e. The maximum absolute atomic E-state index is 11.0. The van der Waals surface area contributed by atoms with Gasteiger partial charge in [-0.25, -0.2) is 17.9 Å². The second kappa shape index (κ2) is 7.98. The molecular weight excluding hydrogens is 252 g/mol. The molecule has 0 aliphatic heterocycles. The van der Waals surface area contributed by atoms with E-state index in [9.17, 15) is 18.0 Å². The summed E-state index contributed by atoms with van der Waals surface area (Å²) in [6, 6.07) is 0. The van der Waals surface area contributed by atoms with Crippen LogP contribution in [0.15, 0.2) is 0 Å². The minimum absolute atomic E-state index is 0.231. The van der Waals surface area contributed by atoms with Crippen molar-refractivity contribution in [2.24, 2.45) is 0 Å². The highest BCUT2D eigenvalue weighted by molar-refractivity contribution is 7.88. The normalized spacial score (nSPS) is 11.1. The zero-order chi connectivity index (χ0) is 13.3. The number of rotatable bonds is 9. The van der Waals surface area contributed by atoms with Gasteiger partial charge >= 0.3 is 5.97 Å². The van der Waals surface area contributed by atoms with Crippen LogP contribution in [0.1, 0.15) is 6.42 Å². The van der Waals surface area contributed by atoms with Crippen molar-refractivity contribution in [1.29, 1.82) is 0 Å². The molecule has 0 aromatic heterocycles. The lowest BCUT2D eigenvalue weighted by Gasteiger charge is -2.05. The van der Waals surface area contributed by atoms with Gasteiger partial charge in [0.1, 0.15) is 13.2 Å². The molecule has 0 spiro atoms. The highest BCUT2D eigenvalue weighted by Gasteiger charge is 2.03. The lowest BCUT2D eigenvalue weighted by molar-refractivity contribution is -0.143. The van der Waals surface area contributed by atoms with E-state index in [1.165, 1.54) is 0 Å². The van der Waals surface area contributed by atoms with E-state index in [4.69, 9.17) is 5.11 Å². The third-order valence-corrected chi connectivity index (χ3v) is 2.23. The summed E-state index contributed by atoms with van der Waals surface area (Å²) < 4.78 is 28.1. The van der Waals surface area contributed by atoms with Crippen molar-refractivity contribution in [2.75, 3.05) is 32.6 Å². The minimum atomic E-state index is -3.20. The molecule has 0 aliphatic rings. The quantitative estimate of drug-likeness (QED) is 0.422. The molecule has 8 nitrogen and oxygen atoms in total. The predicted octanol–water partition coefficient (Wildman–Crippen LogP) is -1.86. The van der Waals surface area contributed by atoms with Gasteiger partial charge in [-0.05, 0) is 6.42 Å². The number of carbonyl (C=O) groups is 2. The number of sulfonamides is 1. The van der Waals surface area contributed by atoms with Gasteiger partial charge in [0.25, 0.3) is 0 Å². The summed E-state index contributed by atoms with van der Waals surface area (Å²) >= 11 is 0. The molecule has 0 fully saturated rings. The summed E-state index contributed by atoms with van der Waals surface area (Å²) in [7, 11) is -3.20. The van der Waals surface area contributed by atoms with Crippen LogP contribution in [0.5, 0.6) is 0 Å². The molecule has 17 heavy (non-hydrogen) atoms. The molecule has 0 saturated heterocycles. The summed E-state index contributed by atoms with van der Waals surface area (Å²) in [4.78, 5) is 21.1. The standard InChI is InChI=1S/C8H16N2O6S/c1-17(14,15)10-4-2-3-9-7(11)5-16-6-8(12)13/h10H,2-6H2,1H3,(H,9,11)(H,12,13). The predicted molar refractivity (Wildman–Crippen MR) is 58.9 cm³/mol. The number of carbonyl (C=O) groups excluding carboxylic acids is 1. The van der Waals surface area contributed by atoms with Crippen LogP contribution >= 0.6 is 0 Å². The van der Waals surface area contributed by atoms with Crippen molar-refractivity contribution in [3.05, 3.63) is 0 Å². The first-order valence-corrected chi connectivity index (χ1v) is 6.71. The number of amides is 1. The monoisotopic (exact) mass is 268 g/mol. The molecule has 1 amide bonds. The SMILES string of the molecule is CS(=O)(=O)NCCCNC(=O)COCC(=O)O. The Hall–Kier alpha value is -1.19. The first-order chi connectivity index (χ1) is 7.81. The Morgan fingerprint density at radius 2 is 1.88 bits per heavy atom. The third kappa shape index (κ3) is 12.7. The van der Waals surface area contributed by atoms with E-state index < -0.39 is 28.5 Å². The summed E-state index contributed by atoms with van der Waals surface area (Å²) in [6.07, 6.45) is 1.49. The maximum atomic E-state index is 11.0. The van der Waals surface area contributed by atoms with Crippen LogP contribution in [0.2, 0.25) is 0 Å². The second-order valence-corrected chi connectivity index (χ2v) is 5.09. The lowest BCUT2D eigenvalue weighted by Crippen LogP contribution is -2.32. The van der Waals surface area contributed by atoms with Gasteiger partial charge in [0, 0.05) is 13.1 Å². The second-order valence-electron chi connectivity index (χ2n) is 3.26. The Balaban J connectivity index is 3.43. The van der Waals surface area contributed by atoms with Crippen LogP contribution in [0.4, 0.5) is 0 Å². The fraction of sp³-hybridized carbons (Fsp3) is 0.750. The molecule has 0 aromatic carbocycles. The average Bonchev–Trinajstić information content (AvgIpc) is 2.14. The van der Waals surface area contributed by atoms with Crippen molar-refractivity contribution in [3.63, 3.8) is 0 Å². The Bertz CT molecular complexity index is 353. The molecule has 0 bridgehead atoms. The molecule has 100 valence electrons. The van der Waals surface area contributed by atoms with E-state index >= 15 is 0 Å². The highest BCUT2D eigenvalue weighted by Crippen LogP contribution is 1.80. The van der Waals surface area contributed by atoms with Crippen LogP contribution in [0.25, 0.3) is 0 Å². The van der Waals surface area contributed by atoms with Gasteiger partial charge in [-0.15, -0.1) is 0 Å². The molecule has 0 saturated carbocycles. The molecule has 0 heterocycles. The summed E-state index contributed by atoms with van der Waals surface area (Å²) in [6.45, 7) is -0.332. The molecular formula is C8H16N2O6S. The zero-order valence-electron chi connectivity index (χ0n) is 9.43. The topological polar surface area (TPSA) is 122 Å². The number of ether oxygens (including phenoxy) is 1. The minimum Gasteiger partial charge on any atom is -0.480 e. The fourth-order valence-electron chi connectivity index (χ4n) is 0.856. The van der Waals surface area contributed by atoms with Gasteiger partial charge in [-0.3, -0.25) is 4.79 Å². The molecule has 0 rings (SSSR count). The van der Waals surface area contributed by atoms with Crippen molar-refractivity contribution in [2.45, 2.75) is 6.42 Å². The van der Waals surface area contributed by atoms with Crippen molar-refractivity contribution < 1.29 is 27.9 Å². The number of hydrogen-bond donors (Lipinski definition) is 3. The fourth-order valence-corrected chi connectivity index (χ4v) is 1.37. The number of carboxylic acid groups (broad SMARTS) is 1. The van der Waals surface area contributed by atoms with E-state index in [1.54, 1.807) is 0 Å². The number of aliphatic carboxylic acids is 1. The molecule has 0 aliphatic carbocycles. The summed E-state index contributed by atoms with van der Waals surface area (Å²) in [5.74, 6) is -1.58. The van der Waals surface area contributed by atoms with Gasteiger partial charge < -0.3 is 15.2 Å². The first kappa shape index (κ1) is 15.8. The van der Waals surface area contributed by atoms with Crippen LogP contribution < -0.4 is 10.0 Å². The highest BCUT2D eigenvalue weighted by atomic mass is 32.2.